The number of hydrogen-bond acceptors (Lipinski definition) is 3. The van der Waals surface area contributed by atoms with Gasteiger partial charge in [0.05, 0.1) is 0 Å². The number of halogens is 1. The molecule has 0 atom stereocenters. The van der Waals surface area contributed by atoms with Crippen LogP contribution in [-0.2, 0) is 0 Å². The van der Waals surface area contributed by atoms with Crippen LogP contribution in [0, 0.1) is 0 Å². The van der Waals surface area contributed by atoms with E-state index >= 15 is 0 Å². The summed E-state index contributed by atoms with van der Waals surface area (Å²) in [6, 6.07) is 3.16. The molecule has 6 heteroatoms. The van der Waals surface area contributed by atoms with Crippen molar-refractivity contribution in [1.29, 1.82) is 0 Å². The highest BCUT2D eigenvalue weighted by atomic mass is 35.5. The van der Waals surface area contributed by atoms with E-state index in [1.54, 1.807) is 18.3 Å². The van der Waals surface area contributed by atoms with Crippen LogP contribution >= 0.6 is 11.6 Å². The summed E-state index contributed by atoms with van der Waals surface area (Å²) < 4.78 is 1.47. The number of aromatic nitrogens is 2. The first kappa shape index (κ1) is 8.83. The highest BCUT2D eigenvalue weighted by molar-refractivity contribution is 6.30. The topological polar surface area (TPSA) is 80.6 Å². The van der Waals surface area contributed by atoms with E-state index < -0.39 is 5.97 Å². The van der Waals surface area contributed by atoms with Gasteiger partial charge in [0.15, 0.2) is 5.69 Å². The van der Waals surface area contributed by atoms with E-state index in [0.29, 0.717) is 10.7 Å². The van der Waals surface area contributed by atoms with Gasteiger partial charge in [0.25, 0.3) is 0 Å². The molecule has 0 spiro atoms. The molecule has 0 amide bonds. The minimum Gasteiger partial charge on any atom is -0.476 e. The van der Waals surface area contributed by atoms with E-state index in [0.717, 1.165) is 0 Å². The zero-order valence-corrected chi connectivity index (χ0v) is 7.69. The molecule has 0 aliphatic rings. The molecule has 5 nitrogen and oxygen atoms in total. The lowest BCUT2D eigenvalue weighted by Gasteiger charge is -1.95. The maximum absolute atomic E-state index is 10.7. The maximum Gasteiger partial charge on any atom is 0.358 e. The molecule has 14 heavy (non-hydrogen) atoms. The van der Waals surface area contributed by atoms with Crippen molar-refractivity contribution in [2.45, 2.75) is 0 Å². The third-order valence-corrected chi connectivity index (χ3v) is 2.06. The quantitative estimate of drug-likeness (QED) is 0.744. The molecule has 2 aromatic rings. The van der Waals surface area contributed by atoms with Crippen LogP contribution in [0.15, 0.2) is 18.3 Å². The first-order chi connectivity index (χ1) is 6.59. The molecule has 0 aliphatic carbocycles. The summed E-state index contributed by atoms with van der Waals surface area (Å²) in [6.07, 6.45) is 1.58. The van der Waals surface area contributed by atoms with Crippen molar-refractivity contribution >= 4 is 29.0 Å². The Morgan fingerprint density at radius 2 is 2.36 bits per heavy atom. The highest BCUT2D eigenvalue weighted by Crippen LogP contribution is 2.18. The molecule has 0 saturated heterocycles. The van der Waals surface area contributed by atoms with Crippen molar-refractivity contribution in [2.24, 2.45) is 0 Å². The fourth-order valence-electron chi connectivity index (χ4n) is 1.20. The molecule has 3 N–H and O–H groups in total. The van der Waals surface area contributed by atoms with Crippen LogP contribution in [0.2, 0.25) is 5.02 Å². The molecule has 0 fully saturated rings. The van der Waals surface area contributed by atoms with E-state index in [-0.39, 0.29) is 11.5 Å². The predicted octanol–water partition coefficient (Wildman–Crippen LogP) is 1.27. The third-order valence-electron chi connectivity index (χ3n) is 1.83. The number of carboxylic acids is 1. The lowest BCUT2D eigenvalue weighted by atomic mass is 10.4. The molecule has 2 heterocycles. The van der Waals surface area contributed by atoms with Crippen molar-refractivity contribution in [1.82, 2.24) is 9.38 Å². The fraction of sp³-hybridized carbons (Fsp3) is 0. The lowest BCUT2D eigenvalue weighted by Crippen LogP contribution is -2.02. The molecule has 2 aromatic heterocycles. The number of rotatable bonds is 1. The van der Waals surface area contributed by atoms with Crippen LogP contribution in [0.25, 0.3) is 5.65 Å². The van der Waals surface area contributed by atoms with Crippen LogP contribution < -0.4 is 5.73 Å². The SMILES string of the molecule is Nc1c(C(=O)O)nc2cc(Cl)ccn12. The van der Waals surface area contributed by atoms with Gasteiger partial charge in [0, 0.05) is 17.3 Å². The number of fused-ring (bicyclic) bond motifs is 1. The van der Waals surface area contributed by atoms with Crippen LogP contribution in [0.3, 0.4) is 0 Å². The zero-order chi connectivity index (χ0) is 10.3. The number of nitrogens with two attached hydrogens (primary N) is 1. The Kier molecular flexibility index (Phi) is 1.82. The molecule has 0 unspecified atom stereocenters. The Morgan fingerprint density at radius 1 is 1.64 bits per heavy atom. The van der Waals surface area contributed by atoms with E-state index in [1.807, 2.05) is 0 Å². The maximum atomic E-state index is 10.7. The number of anilines is 1. The molecule has 2 rings (SSSR count). The molecule has 72 valence electrons. The molecule has 0 saturated carbocycles. The van der Waals surface area contributed by atoms with E-state index in [2.05, 4.69) is 4.98 Å². The number of hydrogen-bond donors (Lipinski definition) is 2. The number of carboxylic acid groups (broad SMARTS) is 1. The van der Waals surface area contributed by atoms with Crippen molar-refractivity contribution in [2.75, 3.05) is 5.73 Å². The minimum absolute atomic E-state index is 0.101. The second kappa shape index (κ2) is 2.88. The van der Waals surface area contributed by atoms with Gasteiger partial charge in [0.1, 0.15) is 11.5 Å². The summed E-state index contributed by atoms with van der Waals surface area (Å²) in [7, 11) is 0. The first-order valence-corrected chi connectivity index (χ1v) is 4.14. The van der Waals surface area contributed by atoms with Gasteiger partial charge in [-0.3, -0.25) is 4.40 Å². The number of nitrogen functional groups attached to an aromatic ring is 1. The number of aromatic carboxylic acids is 1. The van der Waals surface area contributed by atoms with Crippen LogP contribution in [0.5, 0.6) is 0 Å². The first-order valence-electron chi connectivity index (χ1n) is 3.76. The van der Waals surface area contributed by atoms with E-state index in [4.69, 9.17) is 22.4 Å². The third kappa shape index (κ3) is 1.18. The molecular formula is C8H6ClN3O2. The normalized spacial score (nSPS) is 10.6. The van der Waals surface area contributed by atoms with E-state index in [9.17, 15) is 4.79 Å². The highest BCUT2D eigenvalue weighted by Gasteiger charge is 2.15. The van der Waals surface area contributed by atoms with Gasteiger partial charge in [-0.25, -0.2) is 9.78 Å². The van der Waals surface area contributed by atoms with Crippen molar-refractivity contribution in [3.8, 4) is 0 Å². The monoisotopic (exact) mass is 211 g/mol. The second-order valence-corrected chi connectivity index (χ2v) is 3.16. The summed E-state index contributed by atoms with van der Waals surface area (Å²) in [6.45, 7) is 0. The van der Waals surface area contributed by atoms with Gasteiger partial charge in [-0.2, -0.15) is 0 Å². The summed E-state index contributed by atoms with van der Waals surface area (Å²) in [5.41, 5.74) is 5.83. The Balaban J connectivity index is 2.79. The van der Waals surface area contributed by atoms with Gasteiger partial charge < -0.3 is 10.8 Å². The number of imidazole rings is 1. The van der Waals surface area contributed by atoms with Gasteiger partial charge >= 0.3 is 5.97 Å². The molecule has 0 radical (unpaired) electrons. The van der Waals surface area contributed by atoms with E-state index in [1.165, 1.54) is 4.40 Å². The zero-order valence-electron chi connectivity index (χ0n) is 6.94. The fourth-order valence-corrected chi connectivity index (χ4v) is 1.35. The summed E-state index contributed by atoms with van der Waals surface area (Å²) in [4.78, 5) is 14.5. The average molecular weight is 212 g/mol. The largest absolute Gasteiger partial charge is 0.476 e. The predicted molar refractivity (Wildman–Crippen MR) is 51.6 cm³/mol. The summed E-state index contributed by atoms with van der Waals surface area (Å²) in [5, 5.41) is 9.23. The summed E-state index contributed by atoms with van der Waals surface area (Å²) >= 11 is 5.72. The van der Waals surface area contributed by atoms with Crippen LogP contribution in [0.4, 0.5) is 5.82 Å². The molecular weight excluding hydrogens is 206 g/mol. The van der Waals surface area contributed by atoms with Crippen molar-refractivity contribution in [3.05, 3.63) is 29.0 Å². The standard InChI is InChI=1S/C8H6ClN3O2/c9-4-1-2-12-5(3-4)11-6(7(12)10)8(13)14/h1-3H,10H2,(H,13,14). The van der Waals surface area contributed by atoms with Crippen LogP contribution in [0.1, 0.15) is 10.5 Å². The molecule has 0 aromatic carbocycles. The Hall–Kier alpha value is -1.75. The Labute approximate surface area is 83.7 Å². The van der Waals surface area contributed by atoms with Crippen molar-refractivity contribution in [3.63, 3.8) is 0 Å². The Bertz CT molecular complexity index is 521. The molecule has 0 bridgehead atoms. The average Bonchev–Trinajstić information content (AvgIpc) is 2.43. The number of nitrogens with zero attached hydrogens (tertiary/aromatic N) is 2. The second-order valence-electron chi connectivity index (χ2n) is 2.72. The smallest absolute Gasteiger partial charge is 0.358 e. The van der Waals surface area contributed by atoms with Gasteiger partial charge in [-0.15, -0.1) is 0 Å². The number of carbonyl (C=O) groups is 1. The molecule has 0 aliphatic heterocycles. The van der Waals surface area contributed by atoms with Gasteiger partial charge in [-0.1, -0.05) is 11.6 Å². The Morgan fingerprint density at radius 3 is 3.00 bits per heavy atom. The van der Waals surface area contributed by atoms with Gasteiger partial charge in [-0.05, 0) is 6.07 Å². The lowest BCUT2D eigenvalue weighted by molar-refractivity contribution is 0.0692. The number of pyridine rings is 1. The van der Waals surface area contributed by atoms with Crippen molar-refractivity contribution < 1.29 is 9.90 Å². The minimum atomic E-state index is -1.15. The van der Waals surface area contributed by atoms with Crippen LogP contribution in [-0.4, -0.2) is 20.5 Å². The summed E-state index contributed by atoms with van der Waals surface area (Å²) in [5.74, 6) is -1.05. The van der Waals surface area contributed by atoms with Gasteiger partial charge in [0.2, 0.25) is 0 Å².